The van der Waals surface area contributed by atoms with Crippen molar-refractivity contribution in [1.29, 1.82) is 0 Å². The zero-order chi connectivity index (χ0) is 27.2. The number of carboxylic acid groups (broad SMARTS) is 1. The van der Waals surface area contributed by atoms with Gasteiger partial charge in [-0.3, -0.25) is 5.01 Å². The van der Waals surface area contributed by atoms with E-state index in [4.69, 9.17) is 0 Å². The number of anilines is 1. The van der Waals surface area contributed by atoms with Gasteiger partial charge in [0, 0.05) is 30.8 Å². The molecule has 0 unspecified atom stereocenters. The third-order valence-corrected chi connectivity index (χ3v) is 9.30. The molecule has 5 rings (SSSR count). The van der Waals surface area contributed by atoms with Crippen LogP contribution in [0.15, 0.2) is 88.1 Å². The van der Waals surface area contributed by atoms with E-state index in [-0.39, 0.29) is 41.2 Å². The Hall–Kier alpha value is -3.47. The molecule has 3 N–H and O–H groups in total. The van der Waals surface area contributed by atoms with E-state index >= 15 is 0 Å². The average Bonchev–Trinajstić information content (AvgIpc) is 3.49. The number of benzene rings is 2. The monoisotopic (exact) mass is 539 g/mol. The summed E-state index contributed by atoms with van der Waals surface area (Å²) in [6, 6.07) is 11.8. The highest BCUT2D eigenvalue weighted by atomic mass is 32.2. The van der Waals surface area contributed by atoms with Gasteiger partial charge in [-0.15, -0.1) is 0 Å². The summed E-state index contributed by atoms with van der Waals surface area (Å²) in [6.07, 6.45) is 4.61. The predicted molar refractivity (Wildman–Crippen MR) is 141 cm³/mol. The van der Waals surface area contributed by atoms with Crippen LogP contribution in [-0.4, -0.2) is 48.1 Å². The van der Waals surface area contributed by atoms with E-state index in [1.165, 1.54) is 47.6 Å². The lowest BCUT2D eigenvalue weighted by atomic mass is 9.80. The largest absolute Gasteiger partial charge is 0.478 e. The van der Waals surface area contributed by atoms with Gasteiger partial charge in [0.05, 0.1) is 27.9 Å². The second-order valence-electron chi connectivity index (χ2n) is 9.98. The Bertz CT molecular complexity index is 1460. The summed E-state index contributed by atoms with van der Waals surface area (Å²) >= 11 is 0. The molecule has 8 nitrogen and oxygen atoms in total. The Kier molecular flexibility index (Phi) is 6.89. The molecule has 2 aromatic carbocycles. The Balaban J connectivity index is 1.47. The number of rotatable bonds is 8. The molecule has 0 spiro atoms. The molecule has 0 aromatic heterocycles. The van der Waals surface area contributed by atoms with Crippen LogP contribution in [0.1, 0.15) is 37.0 Å². The summed E-state index contributed by atoms with van der Waals surface area (Å²) in [5.41, 5.74) is 8.10. The molecule has 1 heterocycles. The third-order valence-electron chi connectivity index (χ3n) is 7.41. The molecular weight excluding hydrogens is 509 g/mol. The minimum Gasteiger partial charge on any atom is -0.478 e. The molecule has 1 aliphatic heterocycles. The number of sulfonamides is 1. The number of halogens is 1. The lowest BCUT2D eigenvalue weighted by Crippen LogP contribution is -2.41. The molecule has 0 radical (unpaired) electrons. The molecule has 3 aliphatic rings. The lowest BCUT2D eigenvalue weighted by molar-refractivity contribution is 0.0692. The maximum atomic E-state index is 13.7. The van der Waals surface area contributed by atoms with Gasteiger partial charge >= 0.3 is 5.97 Å². The molecule has 0 amide bonds. The van der Waals surface area contributed by atoms with Crippen molar-refractivity contribution in [2.75, 3.05) is 18.1 Å². The zero-order valence-electron chi connectivity index (χ0n) is 21.1. The van der Waals surface area contributed by atoms with Crippen molar-refractivity contribution in [2.45, 2.75) is 37.7 Å². The number of carboxylic acids is 1. The van der Waals surface area contributed by atoms with Gasteiger partial charge in [0.1, 0.15) is 5.82 Å². The number of aliphatic hydroxyl groups excluding tert-OH is 1. The van der Waals surface area contributed by atoms with Gasteiger partial charge in [0.2, 0.25) is 10.0 Å². The quantitative estimate of drug-likeness (QED) is 0.464. The molecule has 0 saturated carbocycles. The van der Waals surface area contributed by atoms with E-state index in [0.29, 0.717) is 0 Å². The van der Waals surface area contributed by atoms with Crippen LogP contribution < -0.4 is 10.4 Å². The summed E-state index contributed by atoms with van der Waals surface area (Å²) < 4.78 is 42.1. The van der Waals surface area contributed by atoms with Crippen LogP contribution >= 0.6 is 0 Å². The SMILES string of the molecule is C[C@H]1C2=CNN(c3ccc(F)cc3)C2=CC2=C1[C@@H](CN(C[C@@H](C)O)S(=O)(=O)c1ccccc1C(=O)O)CC2. The van der Waals surface area contributed by atoms with Crippen molar-refractivity contribution >= 4 is 21.7 Å². The van der Waals surface area contributed by atoms with Crippen molar-refractivity contribution in [2.24, 2.45) is 11.8 Å². The van der Waals surface area contributed by atoms with Gasteiger partial charge in [-0.25, -0.2) is 17.6 Å². The van der Waals surface area contributed by atoms with E-state index in [9.17, 15) is 27.8 Å². The number of hydrogen-bond acceptors (Lipinski definition) is 6. The summed E-state index contributed by atoms with van der Waals surface area (Å²) in [4.78, 5) is 11.5. The van der Waals surface area contributed by atoms with Gasteiger partial charge in [-0.2, -0.15) is 4.31 Å². The Morgan fingerprint density at radius 2 is 1.92 bits per heavy atom. The van der Waals surface area contributed by atoms with Crippen LogP contribution in [0.25, 0.3) is 0 Å². The van der Waals surface area contributed by atoms with Crippen LogP contribution in [0.2, 0.25) is 0 Å². The predicted octanol–water partition coefficient (Wildman–Crippen LogP) is 4.04. The minimum atomic E-state index is -4.19. The topological polar surface area (TPSA) is 110 Å². The number of carbonyl (C=O) groups is 1. The Morgan fingerprint density at radius 1 is 1.21 bits per heavy atom. The van der Waals surface area contributed by atoms with Crippen molar-refractivity contribution in [3.63, 3.8) is 0 Å². The Morgan fingerprint density at radius 3 is 2.61 bits per heavy atom. The van der Waals surface area contributed by atoms with Crippen LogP contribution in [0.4, 0.5) is 10.1 Å². The van der Waals surface area contributed by atoms with Gasteiger partial charge in [-0.05, 0) is 73.7 Å². The number of nitrogens with zero attached hydrogens (tertiary/aromatic N) is 2. The Labute approximate surface area is 221 Å². The number of nitrogens with one attached hydrogen (secondary N) is 1. The van der Waals surface area contributed by atoms with Gasteiger partial charge in [-0.1, -0.05) is 24.6 Å². The molecule has 0 bridgehead atoms. The number of fused-ring (bicyclic) bond motifs is 1. The number of aromatic carboxylic acids is 1. The zero-order valence-corrected chi connectivity index (χ0v) is 22.0. The smallest absolute Gasteiger partial charge is 0.337 e. The lowest BCUT2D eigenvalue weighted by Gasteiger charge is -2.32. The number of aliphatic hydroxyl groups is 1. The molecule has 38 heavy (non-hydrogen) atoms. The number of allylic oxidation sites excluding steroid dienone is 3. The van der Waals surface area contributed by atoms with Gasteiger partial charge in [0.15, 0.2) is 0 Å². The molecule has 0 fully saturated rings. The normalized spacial score (nSPS) is 21.6. The van der Waals surface area contributed by atoms with E-state index in [1.807, 2.05) is 11.2 Å². The second-order valence-corrected chi connectivity index (χ2v) is 11.9. The van der Waals surface area contributed by atoms with E-state index < -0.39 is 22.1 Å². The molecule has 10 heteroatoms. The minimum absolute atomic E-state index is 0.0119. The fraction of sp³-hybridized carbons (Fsp3) is 0.321. The average molecular weight is 540 g/mol. The summed E-state index contributed by atoms with van der Waals surface area (Å²) in [6.45, 7) is 3.60. The van der Waals surface area contributed by atoms with Crippen molar-refractivity contribution in [3.05, 3.63) is 94.6 Å². The summed E-state index contributed by atoms with van der Waals surface area (Å²) in [5.74, 6) is -1.71. The fourth-order valence-corrected chi connectivity index (χ4v) is 7.48. The standard InChI is InChI=1S/C28H30FN3O5S/c1-17(33)15-31(38(36,37)26-6-4-3-5-23(26)28(34)35)16-20-8-7-19-13-25-24(18(2)27(19)20)14-30-32(25)22-11-9-21(29)10-12-22/h3-6,9-14,17-18,20,30,33H,7-8,15-16H2,1-2H3,(H,34,35)/t17-,18+,20-/m1/s1. The first-order valence-corrected chi connectivity index (χ1v) is 14.0. The second kappa shape index (κ2) is 10.0. The van der Waals surface area contributed by atoms with Gasteiger partial charge < -0.3 is 15.6 Å². The molecule has 200 valence electrons. The van der Waals surface area contributed by atoms with Crippen molar-refractivity contribution < 1.29 is 27.8 Å². The summed E-state index contributed by atoms with van der Waals surface area (Å²) in [7, 11) is -4.19. The van der Waals surface area contributed by atoms with Crippen LogP contribution in [0.5, 0.6) is 0 Å². The van der Waals surface area contributed by atoms with Crippen molar-refractivity contribution in [3.8, 4) is 0 Å². The highest BCUT2D eigenvalue weighted by Gasteiger charge is 2.40. The summed E-state index contributed by atoms with van der Waals surface area (Å²) in [5, 5.41) is 21.7. The molecular formula is C28H30FN3O5S. The number of hydrogen-bond donors (Lipinski definition) is 3. The van der Waals surface area contributed by atoms with Crippen molar-refractivity contribution in [1.82, 2.24) is 9.73 Å². The maximum Gasteiger partial charge on any atom is 0.337 e. The first kappa shape index (κ1) is 26.1. The fourth-order valence-electron chi connectivity index (χ4n) is 5.72. The molecule has 2 aliphatic carbocycles. The van der Waals surface area contributed by atoms with E-state index in [1.54, 1.807) is 12.1 Å². The van der Waals surface area contributed by atoms with Gasteiger partial charge in [0.25, 0.3) is 0 Å². The van der Waals surface area contributed by atoms with E-state index in [0.717, 1.165) is 40.9 Å². The first-order chi connectivity index (χ1) is 18.1. The maximum absolute atomic E-state index is 13.7. The first-order valence-electron chi connectivity index (χ1n) is 12.6. The third kappa shape index (κ3) is 4.63. The van der Waals surface area contributed by atoms with Crippen LogP contribution in [0.3, 0.4) is 0 Å². The molecule has 0 saturated heterocycles. The van der Waals surface area contributed by atoms with E-state index in [2.05, 4.69) is 18.4 Å². The highest BCUT2D eigenvalue weighted by molar-refractivity contribution is 7.89. The van der Waals surface area contributed by atoms with Crippen LogP contribution in [-0.2, 0) is 10.0 Å². The highest BCUT2D eigenvalue weighted by Crippen LogP contribution is 2.48. The van der Waals surface area contributed by atoms with Crippen LogP contribution in [0, 0.1) is 17.7 Å². The molecule has 3 atom stereocenters. The molecule has 2 aromatic rings. The number of hydrazine groups is 1.